The Hall–Kier alpha value is -3.88. The highest BCUT2D eigenvalue weighted by molar-refractivity contribution is 6.18. The Bertz CT molecular complexity index is 1230. The second-order valence-electron chi connectivity index (χ2n) is 7.92. The molecule has 0 aliphatic heterocycles. The molecule has 0 saturated carbocycles. The average Bonchev–Trinajstić information content (AvgIpc) is 3.14. The molecule has 0 spiro atoms. The van der Waals surface area contributed by atoms with Crippen LogP contribution in [0.15, 0.2) is 6.58 Å². The van der Waals surface area contributed by atoms with E-state index in [-0.39, 0.29) is 43.1 Å². The van der Waals surface area contributed by atoms with Crippen LogP contribution in [0.5, 0.6) is 5.88 Å². The number of Topliss-reactive ketones (excluding diaryl/α,β-unsaturated/α-hetero) is 1. The summed E-state index contributed by atoms with van der Waals surface area (Å²) in [6, 6.07) is 0. The van der Waals surface area contributed by atoms with E-state index in [2.05, 4.69) is 16.5 Å². The lowest BCUT2D eigenvalue weighted by molar-refractivity contribution is -0.138. The minimum absolute atomic E-state index is 0.00834. The molecule has 0 radical (unpaired) electrons. The van der Waals surface area contributed by atoms with E-state index in [1.807, 2.05) is 13.8 Å². The fourth-order valence-electron chi connectivity index (χ4n) is 3.75. The van der Waals surface area contributed by atoms with Crippen molar-refractivity contribution >= 4 is 41.7 Å². The van der Waals surface area contributed by atoms with Crippen molar-refractivity contribution in [1.82, 2.24) is 9.97 Å². The number of hydrogen-bond donors (Lipinski definition) is 6. The number of carboxylic acid groups (broad SMARTS) is 2. The predicted octanol–water partition coefficient (Wildman–Crippen LogP) is 2.02. The molecule has 0 aliphatic carbocycles. The molecule has 176 valence electrons. The summed E-state index contributed by atoms with van der Waals surface area (Å²) < 4.78 is 0. The van der Waals surface area contributed by atoms with Gasteiger partial charge in [0.25, 0.3) is 0 Å². The van der Waals surface area contributed by atoms with E-state index in [4.69, 9.17) is 15.6 Å². The zero-order valence-electron chi connectivity index (χ0n) is 18.9. The van der Waals surface area contributed by atoms with E-state index < -0.39 is 17.9 Å². The predicted molar refractivity (Wildman–Crippen MR) is 125 cm³/mol. The van der Waals surface area contributed by atoms with Crippen molar-refractivity contribution in [1.29, 1.82) is 5.41 Å². The first-order chi connectivity index (χ1) is 15.5. The van der Waals surface area contributed by atoms with E-state index >= 15 is 0 Å². The van der Waals surface area contributed by atoms with Crippen molar-refractivity contribution in [3.63, 3.8) is 0 Å². The second-order valence-corrected chi connectivity index (χ2v) is 7.92. The van der Waals surface area contributed by atoms with Gasteiger partial charge >= 0.3 is 11.9 Å². The first-order valence-electron chi connectivity index (χ1n) is 10.4. The fraction of sp³-hybridized carbons (Fsp3) is 0.333. The summed E-state index contributed by atoms with van der Waals surface area (Å²) in [7, 11) is 0. The lowest BCUT2D eigenvalue weighted by Crippen LogP contribution is -2.24. The number of nitrogens with one attached hydrogen (secondary N) is 3. The van der Waals surface area contributed by atoms with Gasteiger partial charge in [0.1, 0.15) is 5.78 Å². The van der Waals surface area contributed by atoms with Crippen LogP contribution in [0.2, 0.25) is 0 Å². The van der Waals surface area contributed by atoms with Gasteiger partial charge in [0.15, 0.2) is 5.88 Å². The normalized spacial score (nSPS) is 13.2. The summed E-state index contributed by atoms with van der Waals surface area (Å²) in [6.45, 7) is 8.65. The Labute approximate surface area is 190 Å². The number of carboxylic acids is 2. The smallest absolute Gasteiger partial charge is 0.303 e. The molecule has 1 atom stereocenters. The Balaban J connectivity index is 2.62. The molecular formula is C24H29N3O6. The molecule has 9 nitrogen and oxygen atoms in total. The van der Waals surface area contributed by atoms with E-state index in [0.29, 0.717) is 27.5 Å². The highest BCUT2D eigenvalue weighted by Crippen LogP contribution is 2.25. The minimum Gasteiger partial charge on any atom is -0.494 e. The van der Waals surface area contributed by atoms with Crippen LogP contribution in [0.1, 0.15) is 54.1 Å². The number of carbonyl (C=O) groups is 3. The third-order valence-corrected chi connectivity index (χ3v) is 5.66. The number of aliphatic carboxylic acids is 2. The van der Waals surface area contributed by atoms with Gasteiger partial charge in [0.2, 0.25) is 0 Å². The van der Waals surface area contributed by atoms with Crippen LogP contribution in [-0.4, -0.2) is 48.7 Å². The van der Waals surface area contributed by atoms with Gasteiger partial charge in [-0.25, -0.2) is 0 Å². The van der Waals surface area contributed by atoms with Crippen LogP contribution in [-0.2, 0) is 20.8 Å². The van der Waals surface area contributed by atoms with Crippen molar-refractivity contribution < 1.29 is 29.7 Å². The highest BCUT2D eigenvalue weighted by Gasteiger charge is 2.20. The van der Waals surface area contributed by atoms with E-state index in [1.54, 1.807) is 6.08 Å². The zero-order valence-corrected chi connectivity index (χ0v) is 18.9. The quantitative estimate of drug-likeness (QED) is 0.283. The Kier molecular flexibility index (Phi) is 8.17. The number of ketones is 1. The Morgan fingerprint density at radius 2 is 1.70 bits per heavy atom. The van der Waals surface area contributed by atoms with Gasteiger partial charge in [-0.15, -0.1) is 0 Å². The molecule has 1 unspecified atom stereocenters. The second kappa shape index (κ2) is 10.6. The van der Waals surface area contributed by atoms with Crippen molar-refractivity contribution in [3.05, 3.63) is 45.2 Å². The number of aromatic hydroxyl groups is 1. The summed E-state index contributed by atoms with van der Waals surface area (Å²) in [5, 5.41) is 37.7. The van der Waals surface area contributed by atoms with Crippen LogP contribution in [0, 0.1) is 25.2 Å². The molecule has 33 heavy (non-hydrogen) atoms. The van der Waals surface area contributed by atoms with Crippen molar-refractivity contribution in [2.75, 3.05) is 0 Å². The highest BCUT2D eigenvalue weighted by atomic mass is 16.4. The van der Waals surface area contributed by atoms with Crippen LogP contribution < -0.4 is 10.7 Å². The molecule has 0 amide bonds. The van der Waals surface area contributed by atoms with Crippen LogP contribution >= 0.6 is 0 Å². The monoisotopic (exact) mass is 455 g/mol. The summed E-state index contributed by atoms with van der Waals surface area (Å²) >= 11 is 0. The van der Waals surface area contributed by atoms with E-state index in [0.717, 1.165) is 11.1 Å². The third kappa shape index (κ3) is 6.09. The maximum absolute atomic E-state index is 12.0. The summed E-state index contributed by atoms with van der Waals surface area (Å²) in [4.78, 5) is 40.2. The molecule has 0 aliphatic rings. The molecule has 2 rings (SSSR count). The number of H-pyrrole nitrogens is 2. The minimum atomic E-state index is -1.05. The van der Waals surface area contributed by atoms with Gasteiger partial charge in [0.05, 0.1) is 5.92 Å². The zero-order chi connectivity index (χ0) is 24.9. The molecule has 0 saturated heterocycles. The maximum Gasteiger partial charge on any atom is 0.303 e. The average molecular weight is 456 g/mol. The van der Waals surface area contributed by atoms with Crippen LogP contribution in [0.4, 0.5) is 0 Å². The molecule has 9 heteroatoms. The fourth-order valence-corrected chi connectivity index (χ4v) is 3.75. The number of aromatic nitrogens is 2. The summed E-state index contributed by atoms with van der Waals surface area (Å²) in [5.41, 5.74) is 3.41. The molecule has 2 aromatic heterocycles. The molecule has 6 N–H and O–H groups in total. The topological polar surface area (TPSA) is 167 Å². The number of aromatic amines is 2. The number of carbonyl (C=O) groups excluding carboxylic acids is 1. The van der Waals surface area contributed by atoms with Gasteiger partial charge in [-0.2, -0.15) is 0 Å². The molecule has 0 bridgehead atoms. The van der Waals surface area contributed by atoms with Gasteiger partial charge in [-0.3, -0.25) is 14.4 Å². The molecule has 2 aromatic rings. The maximum atomic E-state index is 12.0. The first-order valence-corrected chi connectivity index (χ1v) is 10.4. The van der Waals surface area contributed by atoms with Gasteiger partial charge < -0.3 is 30.7 Å². The largest absolute Gasteiger partial charge is 0.494 e. The molecule has 2 heterocycles. The first kappa shape index (κ1) is 25.4. The van der Waals surface area contributed by atoms with Gasteiger partial charge in [0, 0.05) is 40.5 Å². The van der Waals surface area contributed by atoms with E-state index in [9.17, 15) is 19.5 Å². The standard InChI is InChI=1S/C24H29N3O6/c1-5-15-12(2)20(27-24(15)33)11-19-13(3)16(6-8-22(29)30)21(26-19)10-18(25)17(14(4)28)7-9-23(31)32/h5,10-11,17,25-27,33H,1,6-9H2,2-4H3,(H,29,30)(H,31,32)/b19-11-,21-10+,25-18?. The Morgan fingerprint density at radius 1 is 1.06 bits per heavy atom. The van der Waals surface area contributed by atoms with Crippen LogP contribution in [0.3, 0.4) is 0 Å². The van der Waals surface area contributed by atoms with Crippen molar-refractivity contribution in [2.45, 2.75) is 46.5 Å². The van der Waals surface area contributed by atoms with Gasteiger partial charge in [-0.05, 0) is 62.5 Å². The molecule has 0 fully saturated rings. The third-order valence-electron chi connectivity index (χ3n) is 5.66. The molecular weight excluding hydrogens is 426 g/mol. The van der Waals surface area contributed by atoms with E-state index in [1.165, 1.54) is 19.1 Å². The van der Waals surface area contributed by atoms with Crippen LogP contribution in [0.25, 0.3) is 18.2 Å². The Morgan fingerprint density at radius 3 is 2.21 bits per heavy atom. The SMILES string of the molecule is C=Cc1c(O)[nH]c(/C=c2\[nH]/c(=C/C(=N)C(CCC(=O)O)C(C)=O)c(CCC(=O)O)c2C)c1C. The molecule has 0 aromatic carbocycles. The summed E-state index contributed by atoms with van der Waals surface area (Å²) in [6.07, 6.45) is 4.63. The number of hydrogen-bond acceptors (Lipinski definition) is 5. The lowest BCUT2D eigenvalue weighted by Gasteiger charge is -2.11. The number of rotatable bonds is 11. The van der Waals surface area contributed by atoms with Crippen molar-refractivity contribution in [3.8, 4) is 5.88 Å². The lowest BCUT2D eigenvalue weighted by atomic mass is 9.93. The van der Waals surface area contributed by atoms with Gasteiger partial charge in [-0.1, -0.05) is 12.7 Å². The van der Waals surface area contributed by atoms with Crippen molar-refractivity contribution in [2.24, 2.45) is 5.92 Å². The summed E-state index contributed by atoms with van der Waals surface area (Å²) in [5.74, 6) is -3.21.